The first kappa shape index (κ1) is 21.0. The summed E-state index contributed by atoms with van der Waals surface area (Å²) in [6, 6.07) is 15.0. The Morgan fingerprint density at radius 3 is 2.26 bits per heavy atom. The molecule has 1 N–H and O–H groups in total. The Hall–Kier alpha value is -2.34. The first-order valence-corrected chi connectivity index (χ1v) is 9.87. The predicted molar refractivity (Wildman–Crippen MR) is 107 cm³/mol. The van der Waals surface area contributed by atoms with Crippen LogP contribution in [0.2, 0.25) is 0 Å². The maximum absolute atomic E-state index is 13.2. The van der Waals surface area contributed by atoms with Gasteiger partial charge in [0.25, 0.3) is 0 Å². The van der Waals surface area contributed by atoms with Crippen LogP contribution in [0.1, 0.15) is 26.3 Å². The summed E-state index contributed by atoms with van der Waals surface area (Å²) in [4.78, 5) is 27.9. The summed E-state index contributed by atoms with van der Waals surface area (Å²) in [5.74, 6) is -0.448. The van der Waals surface area contributed by atoms with E-state index in [0.717, 1.165) is 10.5 Å². The van der Waals surface area contributed by atoms with Gasteiger partial charge in [0.05, 0.1) is 5.75 Å². The van der Waals surface area contributed by atoms with Gasteiger partial charge in [-0.2, -0.15) is 0 Å². The lowest BCUT2D eigenvalue weighted by Gasteiger charge is -2.29. The summed E-state index contributed by atoms with van der Waals surface area (Å²) >= 11 is 1.43. The Labute approximate surface area is 164 Å². The number of carbonyl (C=O) groups excluding carboxylic acids is 2. The van der Waals surface area contributed by atoms with Crippen molar-refractivity contribution in [3.05, 3.63) is 66.0 Å². The molecule has 0 aliphatic heterocycles. The van der Waals surface area contributed by atoms with Crippen molar-refractivity contribution in [1.82, 2.24) is 10.2 Å². The molecule has 0 saturated carbocycles. The van der Waals surface area contributed by atoms with E-state index in [9.17, 15) is 14.0 Å². The molecule has 2 amide bonds. The summed E-state index contributed by atoms with van der Waals surface area (Å²) in [7, 11) is 0. The van der Waals surface area contributed by atoms with Crippen molar-refractivity contribution in [2.75, 3.05) is 5.75 Å². The third-order valence-corrected chi connectivity index (χ3v) is 4.97. The van der Waals surface area contributed by atoms with Gasteiger partial charge in [0.1, 0.15) is 11.9 Å². The van der Waals surface area contributed by atoms with Crippen molar-refractivity contribution >= 4 is 23.6 Å². The van der Waals surface area contributed by atoms with Crippen molar-refractivity contribution in [1.29, 1.82) is 0 Å². The molecule has 0 saturated heterocycles. The van der Waals surface area contributed by atoms with Gasteiger partial charge in [-0.15, -0.1) is 11.8 Å². The number of amides is 2. The molecule has 0 aromatic heterocycles. The van der Waals surface area contributed by atoms with Gasteiger partial charge < -0.3 is 10.2 Å². The molecule has 2 aromatic carbocycles. The summed E-state index contributed by atoms with van der Waals surface area (Å²) in [5.41, 5.74) is 0.777. The SMILES string of the molecule is CC(C)NC(=O)C(C)N(Cc1ccc(F)cc1)C(=O)CSc1ccccc1. The lowest BCUT2D eigenvalue weighted by molar-refractivity contribution is -0.138. The first-order chi connectivity index (χ1) is 12.9. The zero-order valence-electron chi connectivity index (χ0n) is 15.8. The van der Waals surface area contributed by atoms with Gasteiger partial charge in [0.15, 0.2) is 0 Å². The van der Waals surface area contributed by atoms with Crippen LogP contribution < -0.4 is 5.32 Å². The van der Waals surface area contributed by atoms with Gasteiger partial charge in [-0.1, -0.05) is 30.3 Å². The number of nitrogens with zero attached hydrogens (tertiary/aromatic N) is 1. The summed E-state index contributed by atoms with van der Waals surface area (Å²) in [6.07, 6.45) is 0. The minimum atomic E-state index is -0.624. The molecule has 0 heterocycles. The molecule has 0 aliphatic carbocycles. The van der Waals surface area contributed by atoms with E-state index >= 15 is 0 Å². The number of hydrogen-bond acceptors (Lipinski definition) is 3. The predicted octanol–water partition coefficient (Wildman–Crippen LogP) is 3.86. The molecule has 0 bridgehead atoms. The number of halogens is 1. The second-order valence-electron chi connectivity index (χ2n) is 6.59. The highest BCUT2D eigenvalue weighted by atomic mass is 32.2. The Bertz CT molecular complexity index is 751. The fraction of sp³-hybridized carbons (Fsp3) is 0.333. The van der Waals surface area contributed by atoms with Crippen LogP contribution >= 0.6 is 11.8 Å². The van der Waals surface area contributed by atoms with Gasteiger partial charge in [-0.25, -0.2) is 4.39 Å². The van der Waals surface area contributed by atoms with Crippen LogP contribution in [-0.4, -0.2) is 34.6 Å². The first-order valence-electron chi connectivity index (χ1n) is 8.89. The van der Waals surface area contributed by atoms with E-state index in [2.05, 4.69) is 5.32 Å². The summed E-state index contributed by atoms with van der Waals surface area (Å²) in [5, 5.41) is 2.85. The van der Waals surface area contributed by atoms with Crippen LogP contribution in [0.25, 0.3) is 0 Å². The Balaban J connectivity index is 2.12. The maximum Gasteiger partial charge on any atom is 0.242 e. The lowest BCUT2D eigenvalue weighted by atomic mass is 10.1. The Morgan fingerprint density at radius 1 is 1.04 bits per heavy atom. The molecule has 2 rings (SSSR count). The van der Waals surface area contributed by atoms with E-state index in [0.29, 0.717) is 0 Å². The molecular weight excluding hydrogens is 363 g/mol. The number of hydrogen-bond donors (Lipinski definition) is 1. The minimum Gasteiger partial charge on any atom is -0.352 e. The van der Waals surface area contributed by atoms with E-state index in [4.69, 9.17) is 0 Å². The van der Waals surface area contributed by atoms with Crippen LogP contribution in [0.5, 0.6) is 0 Å². The molecule has 1 atom stereocenters. The molecular formula is C21H25FN2O2S. The maximum atomic E-state index is 13.2. The zero-order chi connectivity index (χ0) is 19.8. The molecule has 27 heavy (non-hydrogen) atoms. The zero-order valence-corrected chi connectivity index (χ0v) is 16.6. The number of thioether (sulfide) groups is 1. The van der Waals surface area contributed by atoms with E-state index in [1.165, 1.54) is 23.9 Å². The molecule has 0 radical (unpaired) electrons. The third-order valence-electron chi connectivity index (χ3n) is 3.97. The normalized spacial score (nSPS) is 11.9. The standard InChI is InChI=1S/C21H25FN2O2S/c1-15(2)23-21(26)16(3)24(13-17-9-11-18(22)12-10-17)20(25)14-27-19-7-5-4-6-8-19/h4-12,15-16H,13-14H2,1-3H3,(H,23,26). The average molecular weight is 389 g/mol. The van der Waals surface area contributed by atoms with Crippen molar-refractivity contribution in [2.24, 2.45) is 0 Å². The fourth-order valence-corrected chi connectivity index (χ4v) is 3.32. The number of nitrogens with one attached hydrogen (secondary N) is 1. The van der Waals surface area contributed by atoms with E-state index < -0.39 is 6.04 Å². The smallest absolute Gasteiger partial charge is 0.242 e. The largest absolute Gasteiger partial charge is 0.352 e. The highest BCUT2D eigenvalue weighted by molar-refractivity contribution is 8.00. The molecule has 6 heteroatoms. The monoisotopic (exact) mass is 388 g/mol. The molecule has 1 unspecified atom stereocenters. The Kier molecular flexibility index (Phi) is 7.85. The van der Waals surface area contributed by atoms with Gasteiger partial charge in [0, 0.05) is 17.5 Å². The van der Waals surface area contributed by atoms with Gasteiger partial charge in [0.2, 0.25) is 11.8 Å². The quantitative estimate of drug-likeness (QED) is 0.699. The lowest BCUT2D eigenvalue weighted by Crippen LogP contribution is -2.49. The number of benzene rings is 2. The van der Waals surface area contributed by atoms with Gasteiger partial charge >= 0.3 is 0 Å². The van der Waals surface area contributed by atoms with Crippen molar-refractivity contribution in [2.45, 2.75) is 44.3 Å². The third kappa shape index (κ3) is 6.71. The van der Waals surface area contributed by atoms with Crippen molar-refractivity contribution in [3.63, 3.8) is 0 Å². The fourth-order valence-electron chi connectivity index (χ4n) is 2.52. The van der Waals surface area contributed by atoms with Crippen molar-refractivity contribution < 1.29 is 14.0 Å². The average Bonchev–Trinajstić information content (AvgIpc) is 2.65. The van der Waals surface area contributed by atoms with E-state index in [1.807, 2.05) is 44.2 Å². The second-order valence-corrected chi connectivity index (χ2v) is 7.64. The molecule has 4 nitrogen and oxygen atoms in total. The minimum absolute atomic E-state index is 0.0126. The van der Waals surface area contributed by atoms with E-state index in [-0.39, 0.29) is 36.0 Å². The highest BCUT2D eigenvalue weighted by Gasteiger charge is 2.26. The summed E-state index contributed by atoms with van der Waals surface area (Å²) < 4.78 is 13.2. The number of carbonyl (C=O) groups is 2. The van der Waals surface area contributed by atoms with Crippen molar-refractivity contribution in [3.8, 4) is 0 Å². The molecule has 2 aromatic rings. The van der Waals surface area contributed by atoms with Crippen LogP contribution in [0.4, 0.5) is 4.39 Å². The molecule has 0 fully saturated rings. The topological polar surface area (TPSA) is 49.4 Å². The number of rotatable bonds is 8. The van der Waals surface area contributed by atoms with Crippen LogP contribution in [0, 0.1) is 5.82 Å². The van der Waals surface area contributed by atoms with E-state index in [1.54, 1.807) is 24.0 Å². The van der Waals surface area contributed by atoms with Gasteiger partial charge in [-0.05, 0) is 50.6 Å². The molecule has 144 valence electrons. The molecule has 0 aliphatic rings. The highest BCUT2D eigenvalue weighted by Crippen LogP contribution is 2.19. The summed E-state index contributed by atoms with van der Waals surface area (Å²) in [6.45, 7) is 5.72. The van der Waals surface area contributed by atoms with Gasteiger partial charge in [-0.3, -0.25) is 9.59 Å². The van der Waals surface area contributed by atoms with Crippen LogP contribution in [0.3, 0.4) is 0 Å². The second kappa shape index (κ2) is 10.1. The van der Waals surface area contributed by atoms with Crippen LogP contribution in [-0.2, 0) is 16.1 Å². The molecule has 0 spiro atoms. The van der Waals surface area contributed by atoms with Crippen LogP contribution in [0.15, 0.2) is 59.5 Å². The Morgan fingerprint density at radius 2 is 1.67 bits per heavy atom.